The Balaban J connectivity index is 1.49. The van der Waals surface area contributed by atoms with Crippen molar-refractivity contribution >= 4 is 11.8 Å². The fraction of sp³-hybridized carbons (Fsp3) is 0.700. The van der Waals surface area contributed by atoms with Crippen LogP contribution >= 0.6 is 0 Å². The van der Waals surface area contributed by atoms with Gasteiger partial charge in [0.25, 0.3) is 0 Å². The highest BCUT2D eigenvalue weighted by Gasteiger charge is 2.35. The predicted molar refractivity (Wildman–Crippen MR) is 103 cm³/mol. The third-order valence-corrected chi connectivity index (χ3v) is 5.77. The highest BCUT2D eigenvalue weighted by molar-refractivity contribution is 5.89. The maximum absolute atomic E-state index is 12.7. The Bertz CT molecular complexity index is 623. The zero-order valence-corrected chi connectivity index (χ0v) is 16.7. The van der Waals surface area contributed by atoms with Crippen LogP contribution in [0.4, 0.5) is 0 Å². The van der Waals surface area contributed by atoms with Gasteiger partial charge in [0.1, 0.15) is 5.76 Å². The minimum atomic E-state index is -0.271. The highest BCUT2D eigenvalue weighted by Crippen LogP contribution is 2.21. The van der Waals surface area contributed by atoms with Crippen LogP contribution in [0.5, 0.6) is 0 Å². The largest absolute Gasteiger partial charge is 0.467 e. The number of rotatable bonds is 7. The van der Waals surface area contributed by atoms with E-state index in [1.807, 2.05) is 12.1 Å². The van der Waals surface area contributed by atoms with Crippen molar-refractivity contribution in [2.24, 2.45) is 11.8 Å². The van der Waals surface area contributed by atoms with E-state index in [2.05, 4.69) is 36.0 Å². The molecule has 2 unspecified atom stereocenters. The monoisotopic (exact) mass is 376 g/mol. The van der Waals surface area contributed by atoms with Crippen LogP contribution in [0, 0.1) is 11.8 Å². The van der Waals surface area contributed by atoms with E-state index in [1.54, 1.807) is 11.2 Å². The zero-order valence-electron chi connectivity index (χ0n) is 16.7. The van der Waals surface area contributed by atoms with Crippen LogP contribution in [0.3, 0.4) is 0 Å². The lowest BCUT2D eigenvalue weighted by Crippen LogP contribution is -2.54. The lowest BCUT2D eigenvalue weighted by atomic mass is 10.0. The van der Waals surface area contributed by atoms with Gasteiger partial charge in [0.05, 0.1) is 18.7 Å². The van der Waals surface area contributed by atoms with Gasteiger partial charge in [-0.15, -0.1) is 0 Å². The standard InChI is InChI=1S/C20H32N4O3/c1-15(2)18(23-8-6-22(3)7-9-23)12-21-20(26)16-11-19(25)24(13-16)14-17-5-4-10-27-17/h4-5,10,15-16,18H,6-9,11-14H2,1-3H3,(H,21,26). The van der Waals surface area contributed by atoms with Gasteiger partial charge >= 0.3 is 0 Å². The molecule has 2 aliphatic rings. The first-order valence-electron chi connectivity index (χ1n) is 9.94. The molecule has 0 bridgehead atoms. The number of piperazine rings is 1. The number of amides is 2. The molecule has 0 radical (unpaired) electrons. The van der Waals surface area contributed by atoms with Crippen molar-refractivity contribution in [1.82, 2.24) is 20.0 Å². The van der Waals surface area contributed by atoms with Gasteiger partial charge in [0.2, 0.25) is 11.8 Å². The zero-order chi connectivity index (χ0) is 19.4. The fourth-order valence-corrected chi connectivity index (χ4v) is 3.98. The molecule has 1 aromatic heterocycles. The van der Waals surface area contributed by atoms with Gasteiger partial charge in [-0.3, -0.25) is 14.5 Å². The quantitative estimate of drug-likeness (QED) is 0.769. The summed E-state index contributed by atoms with van der Waals surface area (Å²) in [4.78, 5) is 31.4. The highest BCUT2D eigenvalue weighted by atomic mass is 16.3. The number of likely N-dealkylation sites (N-methyl/N-ethyl adjacent to an activating group) is 1. The van der Waals surface area contributed by atoms with Crippen LogP contribution in [0.1, 0.15) is 26.0 Å². The number of hydrogen-bond donors (Lipinski definition) is 1. The number of likely N-dealkylation sites (tertiary alicyclic amines) is 1. The lowest BCUT2D eigenvalue weighted by Gasteiger charge is -2.40. The summed E-state index contributed by atoms with van der Waals surface area (Å²) in [5, 5.41) is 3.12. The topological polar surface area (TPSA) is 69.0 Å². The van der Waals surface area contributed by atoms with Crippen molar-refractivity contribution in [2.75, 3.05) is 46.3 Å². The molecule has 0 aromatic carbocycles. The molecular weight excluding hydrogens is 344 g/mol. The van der Waals surface area contributed by atoms with Crippen molar-refractivity contribution in [2.45, 2.75) is 32.9 Å². The maximum Gasteiger partial charge on any atom is 0.225 e. The van der Waals surface area contributed by atoms with Gasteiger partial charge in [-0.2, -0.15) is 0 Å². The predicted octanol–water partition coefficient (Wildman–Crippen LogP) is 1.02. The van der Waals surface area contributed by atoms with Crippen molar-refractivity contribution in [3.63, 3.8) is 0 Å². The molecule has 1 N–H and O–H groups in total. The first-order chi connectivity index (χ1) is 12.9. The Kier molecular flexibility index (Phi) is 6.55. The summed E-state index contributed by atoms with van der Waals surface area (Å²) in [6.07, 6.45) is 1.89. The Morgan fingerprint density at radius 2 is 2.04 bits per heavy atom. The molecule has 150 valence electrons. The van der Waals surface area contributed by atoms with Gasteiger partial charge in [0.15, 0.2) is 0 Å². The van der Waals surface area contributed by atoms with Crippen molar-refractivity contribution < 1.29 is 14.0 Å². The van der Waals surface area contributed by atoms with Crippen LogP contribution in [-0.4, -0.2) is 78.9 Å². The molecule has 0 saturated carbocycles. The molecule has 3 heterocycles. The van der Waals surface area contributed by atoms with Crippen molar-refractivity contribution in [3.8, 4) is 0 Å². The Hall–Kier alpha value is -1.86. The molecular formula is C20H32N4O3. The van der Waals surface area contributed by atoms with Crippen molar-refractivity contribution in [3.05, 3.63) is 24.2 Å². The number of carbonyl (C=O) groups is 2. The molecule has 1 aromatic rings. The molecule has 3 rings (SSSR count). The number of furan rings is 1. The van der Waals surface area contributed by atoms with E-state index in [0.29, 0.717) is 31.6 Å². The summed E-state index contributed by atoms with van der Waals surface area (Å²) in [5.74, 6) is 0.956. The van der Waals surface area contributed by atoms with Gasteiger partial charge in [-0.05, 0) is 25.1 Å². The second-order valence-corrected chi connectivity index (χ2v) is 8.15. The van der Waals surface area contributed by atoms with Crippen LogP contribution in [0.15, 0.2) is 22.8 Å². The molecule has 0 spiro atoms. The van der Waals surface area contributed by atoms with Crippen molar-refractivity contribution in [1.29, 1.82) is 0 Å². The molecule has 2 aliphatic heterocycles. The molecule has 7 heteroatoms. The normalized spacial score (nSPS) is 23.2. The number of hydrogen-bond acceptors (Lipinski definition) is 5. The third-order valence-electron chi connectivity index (χ3n) is 5.77. The molecule has 0 aliphatic carbocycles. The number of nitrogens with one attached hydrogen (secondary N) is 1. The second-order valence-electron chi connectivity index (χ2n) is 8.15. The third kappa shape index (κ3) is 5.11. The average molecular weight is 377 g/mol. The van der Waals surface area contributed by atoms with Crippen LogP contribution in [0.25, 0.3) is 0 Å². The van der Waals surface area contributed by atoms with Gasteiger partial charge < -0.3 is 19.5 Å². The van der Waals surface area contributed by atoms with Gasteiger partial charge in [0, 0.05) is 51.7 Å². The van der Waals surface area contributed by atoms with E-state index >= 15 is 0 Å². The van der Waals surface area contributed by atoms with E-state index in [-0.39, 0.29) is 24.2 Å². The van der Waals surface area contributed by atoms with E-state index in [4.69, 9.17) is 4.42 Å². The van der Waals surface area contributed by atoms with E-state index in [0.717, 1.165) is 31.9 Å². The maximum atomic E-state index is 12.7. The summed E-state index contributed by atoms with van der Waals surface area (Å²) in [7, 11) is 2.15. The molecule has 2 atom stereocenters. The van der Waals surface area contributed by atoms with E-state index in [1.165, 1.54) is 0 Å². The first-order valence-corrected chi connectivity index (χ1v) is 9.94. The number of carbonyl (C=O) groups excluding carboxylic acids is 2. The van der Waals surface area contributed by atoms with Gasteiger partial charge in [-0.1, -0.05) is 13.8 Å². The summed E-state index contributed by atoms with van der Waals surface area (Å²) in [5.41, 5.74) is 0. The smallest absolute Gasteiger partial charge is 0.225 e. The molecule has 2 amide bonds. The minimum absolute atomic E-state index is 0.00919. The first kappa shape index (κ1) is 19.9. The Morgan fingerprint density at radius 3 is 2.67 bits per heavy atom. The summed E-state index contributed by atoms with van der Waals surface area (Å²) in [6, 6.07) is 3.99. The molecule has 27 heavy (non-hydrogen) atoms. The fourth-order valence-electron chi connectivity index (χ4n) is 3.98. The average Bonchev–Trinajstić information content (AvgIpc) is 3.27. The van der Waals surface area contributed by atoms with E-state index < -0.39 is 0 Å². The lowest BCUT2D eigenvalue weighted by molar-refractivity contribution is -0.129. The Morgan fingerprint density at radius 1 is 1.30 bits per heavy atom. The number of nitrogens with zero attached hydrogens (tertiary/aromatic N) is 3. The molecule has 2 fully saturated rings. The van der Waals surface area contributed by atoms with Crippen LogP contribution in [-0.2, 0) is 16.1 Å². The molecule has 2 saturated heterocycles. The van der Waals surface area contributed by atoms with E-state index in [9.17, 15) is 9.59 Å². The Labute approximate surface area is 161 Å². The van der Waals surface area contributed by atoms with Crippen LogP contribution in [0.2, 0.25) is 0 Å². The summed E-state index contributed by atoms with van der Waals surface area (Å²) >= 11 is 0. The summed E-state index contributed by atoms with van der Waals surface area (Å²) < 4.78 is 5.32. The minimum Gasteiger partial charge on any atom is -0.467 e. The van der Waals surface area contributed by atoms with Crippen LogP contribution < -0.4 is 5.32 Å². The SMILES string of the molecule is CC(C)C(CNC(=O)C1CC(=O)N(Cc2ccco2)C1)N1CCN(C)CC1. The second kappa shape index (κ2) is 8.89. The molecule has 7 nitrogen and oxygen atoms in total. The van der Waals surface area contributed by atoms with Gasteiger partial charge in [-0.25, -0.2) is 0 Å². The summed E-state index contributed by atoms with van der Waals surface area (Å²) in [6.45, 7) is 10.2.